The summed E-state index contributed by atoms with van der Waals surface area (Å²) < 4.78 is 0. The van der Waals surface area contributed by atoms with Crippen LogP contribution in [0.2, 0.25) is 5.15 Å². The lowest BCUT2D eigenvalue weighted by molar-refractivity contribution is 1.11. The van der Waals surface area contributed by atoms with Gasteiger partial charge >= 0.3 is 0 Å². The third kappa shape index (κ3) is 2.74. The normalized spacial score (nSPS) is 9.53. The van der Waals surface area contributed by atoms with Gasteiger partial charge in [-0.15, -0.1) is 0 Å². The monoisotopic (exact) mass is 243 g/mol. The zero-order valence-corrected chi connectivity index (χ0v) is 9.99. The van der Waals surface area contributed by atoms with Crippen LogP contribution in [0.15, 0.2) is 30.3 Å². The summed E-state index contributed by atoms with van der Waals surface area (Å²) in [5.41, 5.74) is 7.70. The molecule has 0 aliphatic carbocycles. The van der Waals surface area contributed by atoms with Crippen LogP contribution in [0.1, 0.15) is 16.8 Å². The third-order valence-electron chi connectivity index (χ3n) is 2.17. The van der Waals surface area contributed by atoms with Gasteiger partial charge in [-0.05, 0) is 19.1 Å². The first-order chi connectivity index (χ1) is 8.16. The highest BCUT2D eigenvalue weighted by Gasteiger charge is 2.05. The number of nitrogens with two attached hydrogens (primary N) is 1. The molecule has 17 heavy (non-hydrogen) atoms. The summed E-state index contributed by atoms with van der Waals surface area (Å²) in [6.45, 7) is 1.80. The molecular formula is C13H10ClN3. The highest BCUT2D eigenvalue weighted by atomic mass is 35.5. The van der Waals surface area contributed by atoms with Crippen LogP contribution in [-0.4, -0.2) is 9.97 Å². The van der Waals surface area contributed by atoms with Crippen LogP contribution >= 0.6 is 11.6 Å². The fourth-order valence-electron chi connectivity index (χ4n) is 1.36. The van der Waals surface area contributed by atoms with Crippen molar-refractivity contribution in [1.82, 2.24) is 9.97 Å². The fraction of sp³-hybridized carbons (Fsp3) is 0.0769. The van der Waals surface area contributed by atoms with Crippen LogP contribution in [0.25, 0.3) is 0 Å². The number of benzene rings is 1. The van der Waals surface area contributed by atoms with Crippen molar-refractivity contribution < 1.29 is 0 Å². The lowest BCUT2D eigenvalue weighted by atomic mass is 10.2. The number of aryl methyl sites for hydroxylation is 1. The van der Waals surface area contributed by atoms with Crippen molar-refractivity contribution in [2.75, 3.05) is 5.73 Å². The Bertz CT molecular complexity index is 574. The van der Waals surface area contributed by atoms with Crippen molar-refractivity contribution >= 4 is 17.5 Å². The first-order valence-corrected chi connectivity index (χ1v) is 5.41. The molecule has 0 unspecified atom stereocenters. The zero-order chi connectivity index (χ0) is 12.3. The lowest BCUT2D eigenvalue weighted by Crippen LogP contribution is -2.00. The number of aromatic nitrogens is 2. The van der Waals surface area contributed by atoms with Gasteiger partial charge in [0.2, 0.25) is 5.95 Å². The van der Waals surface area contributed by atoms with E-state index in [1.165, 1.54) is 0 Å². The van der Waals surface area contributed by atoms with Crippen LogP contribution in [0, 0.1) is 18.8 Å². The highest BCUT2D eigenvalue weighted by molar-refractivity contribution is 6.30. The summed E-state index contributed by atoms with van der Waals surface area (Å²) in [5.74, 6) is 6.13. The van der Waals surface area contributed by atoms with Gasteiger partial charge in [0.05, 0.1) is 11.3 Å². The molecule has 0 bridgehead atoms. The molecule has 84 valence electrons. The van der Waals surface area contributed by atoms with Crippen LogP contribution in [-0.2, 0) is 0 Å². The van der Waals surface area contributed by atoms with Crippen molar-refractivity contribution in [3.05, 3.63) is 52.3 Å². The molecule has 0 radical (unpaired) electrons. The van der Waals surface area contributed by atoms with E-state index in [0.717, 1.165) is 5.56 Å². The maximum Gasteiger partial charge on any atom is 0.221 e. The third-order valence-corrected chi connectivity index (χ3v) is 2.44. The van der Waals surface area contributed by atoms with Crippen LogP contribution in [0.3, 0.4) is 0 Å². The Morgan fingerprint density at radius 3 is 2.47 bits per heavy atom. The second-order valence-corrected chi connectivity index (χ2v) is 3.81. The van der Waals surface area contributed by atoms with Crippen LogP contribution in [0.5, 0.6) is 0 Å². The molecule has 0 aliphatic rings. The Kier molecular flexibility index (Phi) is 3.27. The molecule has 0 saturated heterocycles. The minimum Gasteiger partial charge on any atom is -0.368 e. The van der Waals surface area contributed by atoms with Gasteiger partial charge in [0.15, 0.2) is 5.15 Å². The summed E-state index contributed by atoms with van der Waals surface area (Å²) in [4.78, 5) is 7.90. The number of hydrogen-bond donors (Lipinski definition) is 1. The Morgan fingerprint density at radius 2 is 1.82 bits per heavy atom. The van der Waals surface area contributed by atoms with Gasteiger partial charge in [0, 0.05) is 5.56 Å². The SMILES string of the molecule is Cc1nc(N)nc(Cl)c1C#Cc1ccccc1. The summed E-state index contributed by atoms with van der Waals surface area (Å²) in [5, 5.41) is 0.290. The number of halogens is 1. The first kappa shape index (κ1) is 11.4. The molecule has 1 heterocycles. The summed E-state index contributed by atoms with van der Waals surface area (Å²) in [6.07, 6.45) is 0. The Morgan fingerprint density at radius 1 is 1.12 bits per heavy atom. The smallest absolute Gasteiger partial charge is 0.221 e. The minimum atomic E-state index is 0.165. The Hall–Kier alpha value is -2.05. The maximum atomic E-state index is 5.97. The molecule has 3 nitrogen and oxygen atoms in total. The second-order valence-electron chi connectivity index (χ2n) is 3.45. The molecule has 0 amide bonds. The summed E-state index contributed by atoms with van der Waals surface area (Å²) in [6, 6.07) is 9.65. The number of hydrogen-bond acceptors (Lipinski definition) is 3. The molecule has 2 aromatic rings. The first-order valence-electron chi connectivity index (χ1n) is 5.03. The van der Waals surface area contributed by atoms with Gasteiger partial charge in [0.1, 0.15) is 0 Å². The number of nitrogen functional groups attached to an aromatic ring is 1. The average molecular weight is 244 g/mol. The quantitative estimate of drug-likeness (QED) is 0.571. The topological polar surface area (TPSA) is 51.8 Å². The van der Waals surface area contributed by atoms with E-state index in [4.69, 9.17) is 17.3 Å². The van der Waals surface area contributed by atoms with Crippen molar-refractivity contribution in [2.45, 2.75) is 6.92 Å². The largest absolute Gasteiger partial charge is 0.368 e. The van der Waals surface area contributed by atoms with E-state index in [2.05, 4.69) is 21.8 Å². The van der Waals surface area contributed by atoms with E-state index in [1.54, 1.807) is 6.92 Å². The molecule has 2 rings (SSSR count). The molecular weight excluding hydrogens is 234 g/mol. The molecule has 0 fully saturated rings. The predicted octanol–water partition coefficient (Wildman–Crippen LogP) is 2.42. The van der Waals surface area contributed by atoms with E-state index in [9.17, 15) is 0 Å². The zero-order valence-electron chi connectivity index (χ0n) is 9.24. The van der Waals surface area contributed by atoms with Crippen molar-refractivity contribution in [1.29, 1.82) is 0 Å². The van der Waals surface area contributed by atoms with Crippen molar-refractivity contribution in [3.8, 4) is 11.8 Å². The van der Waals surface area contributed by atoms with Gasteiger partial charge in [-0.25, -0.2) is 4.98 Å². The molecule has 1 aromatic carbocycles. The van der Waals surface area contributed by atoms with E-state index >= 15 is 0 Å². The number of nitrogens with zero attached hydrogens (tertiary/aromatic N) is 2. The van der Waals surface area contributed by atoms with E-state index in [0.29, 0.717) is 16.4 Å². The fourth-order valence-corrected chi connectivity index (χ4v) is 1.63. The molecule has 0 aliphatic heterocycles. The van der Waals surface area contributed by atoms with Crippen molar-refractivity contribution in [3.63, 3.8) is 0 Å². The van der Waals surface area contributed by atoms with E-state index in [1.807, 2.05) is 30.3 Å². The standard InChI is InChI=1S/C13H10ClN3/c1-9-11(12(14)17-13(15)16-9)8-7-10-5-3-2-4-6-10/h2-6H,1H3,(H2,15,16,17). The number of rotatable bonds is 0. The Labute approximate surface area is 105 Å². The van der Waals surface area contributed by atoms with Gasteiger partial charge in [-0.1, -0.05) is 41.6 Å². The molecule has 1 aromatic heterocycles. The molecule has 4 heteroatoms. The van der Waals surface area contributed by atoms with E-state index < -0.39 is 0 Å². The van der Waals surface area contributed by atoms with Crippen molar-refractivity contribution in [2.24, 2.45) is 0 Å². The molecule has 0 saturated carbocycles. The summed E-state index contributed by atoms with van der Waals surface area (Å²) in [7, 11) is 0. The maximum absolute atomic E-state index is 5.97. The van der Waals surface area contributed by atoms with Crippen LogP contribution in [0.4, 0.5) is 5.95 Å². The lowest BCUT2D eigenvalue weighted by Gasteiger charge is -2.00. The Balaban J connectivity index is 2.41. The van der Waals surface area contributed by atoms with Gasteiger partial charge in [-0.2, -0.15) is 4.98 Å². The second kappa shape index (κ2) is 4.86. The molecule has 2 N–H and O–H groups in total. The minimum absolute atomic E-state index is 0.165. The predicted molar refractivity (Wildman–Crippen MR) is 68.6 cm³/mol. The van der Waals surface area contributed by atoms with Gasteiger partial charge < -0.3 is 5.73 Å². The van der Waals surface area contributed by atoms with Crippen LogP contribution < -0.4 is 5.73 Å². The van der Waals surface area contributed by atoms with Gasteiger partial charge in [0.25, 0.3) is 0 Å². The highest BCUT2D eigenvalue weighted by Crippen LogP contribution is 2.15. The average Bonchev–Trinajstić information content (AvgIpc) is 2.29. The summed E-state index contributed by atoms with van der Waals surface area (Å²) >= 11 is 5.97. The van der Waals surface area contributed by atoms with Gasteiger partial charge in [-0.3, -0.25) is 0 Å². The molecule has 0 atom stereocenters. The number of anilines is 1. The molecule has 0 spiro atoms. The van der Waals surface area contributed by atoms with E-state index in [-0.39, 0.29) is 5.95 Å².